The molecule has 0 aromatic heterocycles. The van der Waals surface area contributed by atoms with Crippen molar-refractivity contribution in [3.8, 4) is 0 Å². The number of benzene rings is 1. The van der Waals surface area contributed by atoms with E-state index in [9.17, 15) is 13.2 Å². The summed E-state index contributed by atoms with van der Waals surface area (Å²) in [6, 6.07) is 2.70. The third-order valence-electron chi connectivity index (χ3n) is 2.07. The van der Waals surface area contributed by atoms with E-state index >= 15 is 0 Å². The summed E-state index contributed by atoms with van der Waals surface area (Å²) in [5, 5.41) is 0.0284. The molecule has 0 heterocycles. The summed E-state index contributed by atoms with van der Waals surface area (Å²) in [6.07, 6.45) is -4.47. The van der Waals surface area contributed by atoms with Gasteiger partial charge in [-0.05, 0) is 17.7 Å². The van der Waals surface area contributed by atoms with Gasteiger partial charge in [-0.2, -0.15) is 13.2 Å². The summed E-state index contributed by atoms with van der Waals surface area (Å²) in [5.74, 6) is 0. The Hall–Kier alpha value is -0.780. The Morgan fingerprint density at radius 1 is 1.44 bits per heavy atom. The second kappa shape index (κ2) is 5.03. The average Bonchev–Trinajstić information content (AvgIpc) is 2.16. The van der Waals surface area contributed by atoms with E-state index in [4.69, 9.17) is 22.1 Å². The van der Waals surface area contributed by atoms with Crippen molar-refractivity contribution < 1.29 is 17.9 Å². The molecule has 0 spiro atoms. The number of ether oxygens (including phenoxy) is 1. The van der Waals surface area contributed by atoms with Crippen LogP contribution in [0.3, 0.4) is 0 Å². The van der Waals surface area contributed by atoms with Gasteiger partial charge < -0.3 is 10.5 Å². The van der Waals surface area contributed by atoms with Crippen molar-refractivity contribution in [3.05, 3.63) is 34.3 Å². The van der Waals surface area contributed by atoms with Gasteiger partial charge in [0.15, 0.2) is 0 Å². The lowest BCUT2D eigenvalue weighted by atomic mass is 10.0. The molecule has 0 saturated heterocycles. The summed E-state index contributed by atoms with van der Waals surface area (Å²) in [6.45, 7) is 0.0186. The van der Waals surface area contributed by atoms with Crippen LogP contribution < -0.4 is 5.73 Å². The Balaban J connectivity index is 3.18. The van der Waals surface area contributed by atoms with Crippen LogP contribution in [0.1, 0.15) is 17.2 Å². The molecule has 0 unspecified atom stereocenters. The number of hydrogen-bond donors (Lipinski definition) is 1. The van der Waals surface area contributed by atoms with Gasteiger partial charge in [-0.1, -0.05) is 17.7 Å². The molecule has 0 fully saturated rings. The number of halogens is 4. The molecule has 0 aliphatic carbocycles. The van der Waals surface area contributed by atoms with E-state index in [1.54, 1.807) is 0 Å². The van der Waals surface area contributed by atoms with Crippen molar-refractivity contribution in [2.75, 3.05) is 13.7 Å². The van der Waals surface area contributed by atoms with Gasteiger partial charge in [-0.15, -0.1) is 0 Å². The molecule has 0 aliphatic rings. The van der Waals surface area contributed by atoms with Crippen molar-refractivity contribution in [2.45, 2.75) is 12.2 Å². The van der Waals surface area contributed by atoms with Crippen LogP contribution in [-0.2, 0) is 10.9 Å². The molecule has 2 N–H and O–H groups in total. The summed E-state index contributed by atoms with van der Waals surface area (Å²) in [4.78, 5) is 0. The molecule has 0 bridgehead atoms. The minimum atomic E-state index is -4.47. The number of rotatable bonds is 3. The molecule has 0 radical (unpaired) electrons. The lowest BCUT2D eigenvalue weighted by Gasteiger charge is -2.17. The molecular formula is C10H11ClF3NO. The Morgan fingerprint density at radius 2 is 2.06 bits per heavy atom. The highest BCUT2D eigenvalue weighted by Crippen LogP contribution is 2.35. The van der Waals surface area contributed by atoms with Crippen LogP contribution in [0.15, 0.2) is 18.2 Å². The zero-order valence-electron chi connectivity index (χ0n) is 8.51. The van der Waals surface area contributed by atoms with Gasteiger partial charge >= 0.3 is 6.18 Å². The third kappa shape index (κ3) is 3.10. The highest BCUT2D eigenvalue weighted by Gasteiger charge is 2.34. The van der Waals surface area contributed by atoms with E-state index in [1.807, 2.05) is 0 Å². The summed E-state index contributed by atoms with van der Waals surface area (Å²) >= 11 is 5.53. The number of nitrogens with two attached hydrogens (primary N) is 1. The molecule has 1 aromatic rings. The van der Waals surface area contributed by atoms with E-state index in [2.05, 4.69) is 0 Å². The first-order valence-corrected chi connectivity index (χ1v) is 4.85. The van der Waals surface area contributed by atoms with Crippen molar-refractivity contribution in [3.63, 3.8) is 0 Å². The van der Waals surface area contributed by atoms with Crippen LogP contribution in [0, 0.1) is 0 Å². The first kappa shape index (κ1) is 13.3. The lowest BCUT2D eigenvalue weighted by molar-refractivity contribution is -0.138. The van der Waals surface area contributed by atoms with Crippen molar-refractivity contribution >= 4 is 11.6 Å². The van der Waals surface area contributed by atoms with Gasteiger partial charge in [0, 0.05) is 12.1 Å². The second-order valence-corrected chi connectivity index (χ2v) is 3.73. The first-order chi connectivity index (χ1) is 7.36. The van der Waals surface area contributed by atoms with E-state index in [0.29, 0.717) is 0 Å². The zero-order chi connectivity index (χ0) is 12.3. The van der Waals surface area contributed by atoms with E-state index in [1.165, 1.54) is 19.2 Å². The average molecular weight is 254 g/mol. The van der Waals surface area contributed by atoms with Crippen molar-refractivity contribution in [2.24, 2.45) is 5.73 Å². The number of hydrogen-bond acceptors (Lipinski definition) is 2. The van der Waals surface area contributed by atoms with Crippen LogP contribution in [0.4, 0.5) is 13.2 Å². The molecule has 1 atom stereocenters. The molecule has 2 nitrogen and oxygen atoms in total. The summed E-state index contributed by atoms with van der Waals surface area (Å²) in [7, 11) is 1.38. The maximum Gasteiger partial charge on any atom is 0.416 e. The standard InChI is InChI=1S/C10H11ClF3NO/c1-16-5-9(15)7-3-2-6(11)4-8(7)10(12,13)14/h2-4,9H,5,15H2,1H3/t9-/m1/s1. The van der Waals surface area contributed by atoms with E-state index in [0.717, 1.165) is 6.07 Å². The van der Waals surface area contributed by atoms with Crippen molar-refractivity contribution in [1.29, 1.82) is 0 Å². The van der Waals surface area contributed by atoms with Crippen LogP contribution in [0.25, 0.3) is 0 Å². The van der Waals surface area contributed by atoms with Gasteiger partial charge in [0.1, 0.15) is 0 Å². The van der Waals surface area contributed by atoms with Crippen LogP contribution in [0.5, 0.6) is 0 Å². The predicted octanol–water partition coefficient (Wildman–Crippen LogP) is 3.01. The quantitative estimate of drug-likeness (QED) is 0.899. The molecule has 0 amide bonds. The van der Waals surface area contributed by atoms with Gasteiger partial charge in [0.25, 0.3) is 0 Å². The zero-order valence-corrected chi connectivity index (χ0v) is 9.27. The molecule has 1 rings (SSSR count). The highest BCUT2D eigenvalue weighted by molar-refractivity contribution is 6.30. The topological polar surface area (TPSA) is 35.2 Å². The van der Waals surface area contributed by atoms with E-state index < -0.39 is 17.8 Å². The molecule has 0 aliphatic heterocycles. The molecule has 0 saturated carbocycles. The van der Waals surface area contributed by atoms with Crippen LogP contribution >= 0.6 is 11.6 Å². The fraction of sp³-hybridized carbons (Fsp3) is 0.400. The maximum atomic E-state index is 12.7. The first-order valence-electron chi connectivity index (χ1n) is 4.47. The smallest absolute Gasteiger partial charge is 0.383 e. The Kier molecular flexibility index (Phi) is 4.18. The van der Waals surface area contributed by atoms with Crippen LogP contribution in [-0.4, -0.2) is 13.7 Å². The fourth-order valence-corrected chi connectivity index (χ4v) is 1.54. The Labute approximate surface area is 96.1 Å². The third-order valence-corrected chi connectivity index (χ3v) is 2.30. The lowest BCUT2D eigenvalue weighted by Crippen LogP contribution is -2.21. The minimum absolute atomic E-state index is 0.0150. The molecule has 1 aromatic carbocycles. The highest BCUT2D eigenvalue weighted by atomic mass is 35.5. The molecule has 6 heteroatoms. The Morgan fingerprint density at radius 3 is 2.56 bits per heavy atom. The van der Waals surface area contributed by atoms with E-state index in [-0.39, 0.29) is 17.2 Å². The van der Waals surface area contributed by atoms with Gasteiger partial charge in [0.05, 0.1) is 18.2 Å². The number of methoxy groups -OCH3 is 1. The van der Waals surface area contributed by atoms with Gasteiger partial charge in [-0.3, -0.25) is 0 Å². The van der Waals surface area contributed by atoms with Gasteiger partial charge in [-0.25, -0.2) is 0 Å². The van der Waals surface area contributed by atoms with Crippen LogP contribution in [0.2, 0.25) is 5.02 Å². The monoisotopic (exact) mass is 253 g/mol. The number of alkyl halides is 3. The van der Waals surface area contributed by atoms with Gasteiger partial charge in [0.2, 0.25) is 0 Å². The van der Waals surface area contributed by atoms with Crippen molar-refractivity contribution in [1.82, 2.24) is 0 Å². The summed E-state index contributed by atoms with van der Waals surface area (Å²) < 4.78 is 42.8. The fourth-order valence-electron chi connectivity index (χ4n) is 1.37. The molecule has 16 heavy (non-hydrogen) atoms. The maximum absolute atomic E-state index is 12.7. The Bertz CT molecular complexity index is 368. The molecular weight excluding hydrogens is 243 g/mol. The second-order valence-electron chi connectivity index (χ2n) is 3.29. The largest absolute Gasteiger partial charge is 0.416 e. The summed E-state index contributed by atoms with van der Waals surface area (Å²) in [5.41, 5.74) is 4.75. The SMILES string of the molecule is COC[C@@H](N)c1ccc(Cl)cc1C(F)(F)F. The minimum Gasteiger partial charge on any atom is -0.383 e. The normalized spacial score (nSPS) is 13.9. The predicted molar refractivity (Wildman–Crippen MR) is 55.3 cm³/mol. The molecule has 90 valence electrons.